The van der Waals surface area contributed by atoms with Crippen molar-refractivity contribution in [3.8, 4) is 28.4 Å². The second kappa shape index (κ2) is 6.62. The Balaban J connectivity index is 2.87. The maximum absolute atomic E-state index is 10.8. The number of phenols is 1. The van der Waals surface area contributed by atoms with E-state index in [1.807, 2.05) is 18.2 Å². The molecule has 0 fully saturated rings. The number of ether oxygens (including phenoxy) is 2. The van der Waals surface area contributed by atoms with Crippen molar-refractivity contribution in [3.05, 3.63) is 41.5 Å². The summed E-state index contributed by atoms with van der Waals surface area (Å²) in [4.78, 5) is 0. The van der Waals surface area contributed by atoms with E-state index >= 15 is 0 Å². The fourth-order valence-electron chi connectivity index (χ4n) is 3.08. The van der Waals surface area contributed by atoms with Gasteiger partial charge in [0.2, 0.25) is 0 Å². The van der Waals surface area contributed by atoms with Crippen molar-refractivity contribution in [3.63, 3.8) is 0 Å². The SMILES string of the molecule is COc1ccc(-c2c(O)cc(OC)cc2C(C)(C)C)c(C(C)(C)C)c1. The lowest BCUT2D eigenvalue weighted by atomic mass is 9.76. The maximum Gasteiger partial charge on any atom is 0.127 e. The number of aromatic hydroxyl groups is 1. The topological polar surface area (TPSA) is 38.7 Å². The van der Waals surface area contributed by atoms with E-state index in [1.165, 1.54) is 0 Å². The number of hydrogen-bond donors (Lipinski definition) is 1. The van der Waals surface area contributed by atoms with Gasteiger partial charge in [0, 0.05) is 11.6 Å². The average Bonchev–Trinajstić information content (AvgIpc) is 2.51. The van der Waals surface area contributed by atoms with Gasteiger partial charge < -0.3 is 14.6 Å². The molecule has 25 heavy (non-hydrogen) atoms. The number of methoxy groups -OCH3 is 2. The second-order valence-corrected chi connectivity index (χ2v) is 8.48. The average molecular weight is 342 g/mol. The Hall–Kier alpha value is -2.16. The number of phenolic OH excluding ortho intramolecular Hbond substituents is 1. The Labute approximate surface area is 151 Å². The van der Waals surface area contributed by atoms with Crippen LogP contribution in [0.5, 0.6) is 17.2 Å². The molecule has 0 saturated carbocycles. The summed E-state index contributed by atoms with van der Waals surface area (Å²) in [6, 6.07) is 9.75. The Kier molecular flexibility index (Phi) is 5.08. The highest BCUT2D eigenvalue weighted by atomic mass is 16.5. The summed E-state index contributed by atoms with van der Waals surface area (Å²) in [6.45, 7) is 12.9. The fraction of sp³-hybridized carbons (Fsp3) is 0.455. The van der Waals surface area contributed by atoms with Crippen LogP contribution in [0.3, 0.4) is 0 Å². The molecule has 0 radical (unpaired) electrons. The van der Waals surface area contributed by atoms with Crippen LogP contribution in [0, 0.1) is 0 Å². The predicted molar refractivity (Wildman–Crippen MR) is 104 cm³/mol. The predicted octanol–water partition coefficient (Wildman–Crippen LogP) is 5.67. The molecule has 136 valence electrons. The Morgan fingerprint density at radius 1 is 0.720 bits per heavy atom. The minimum absolute atomic E-state index is 0.0919. The van der Waals surface area contributed by atoms with Crippen molar-refractivity contribution in [2.45, 2.75) is 52.4 Å². The van der Waals surface area contributed by atoms with E-state index in [0.717, 1.165) is 28.0 Å². The third-order valence-electron chi connectivity index (χ3n) is 4.44. The van der Waals surface area contributed by atoms with Gasteiger partial charge >= 0.3 is 0 Å². The number of rotatable bonds is 3. The van der Waals surface area contributed by atoms with Crippen molar-refractivity contribution in [1.29, 1.82) is 0 Å². The molecule has 1 N–H and O–H groups in total. The van der Waals surface area contributed by atoms with Gasteiger partial charge in [0.1, 0.15) is 17.2 Å². The van der Waals surface area contributed by atoms with E-state index in [1.54, 1.807) is 20.3 Å². The van der Waals surface area contributed by atoms with Gasteiger partial charge in [0.05, 0.1) is 14.2 Å². The minimum Gasteiger partial charge on any atom is -0.507 e. The summed E-state index contributed by atoms with van der Waals surface area (Å²) in [5.41, 5.74) is 3.85. The molecule has 0 aliphatic heterocycles. The molecule has 2 rings (SSSR count). The van der Waals surface area contributed by atoms with Gasteiger partial charge in [-0.25, -0.2) is 0 Å². The summed E-state index contributed by atoms with van der Waals surface area (Å²) in [6.07, 6.45) is 0. The van der Waals surface area contributed by atoms with Gasteiger partial charge in [-0.15, -0.1) is 0 Å². The molecular formula is C22H30O3. The standard InChI is InChI=1S/C22H30O3/c1-21(2,3)17-11-14(24-7)9-10-16(17)20-18(22(4,5)6)12-15(25-8)13-19(20)23/h9-13,23H,1-8H3. The van der Waals surface area contributed by atoms with Gasteiger partial charge in [-0.2, -0.15) is 0 Å². The quantitative estimate of drug-likeness (QED) is 0.781. The molecule has 0 spiro atoms. The molecule has 0 aliphatic rings. The van der Waals surface area contributed by atoms with E-state index in [0.29, 0.717) is 5.75 Å². The molecule has 0 amide bonds. The van der Waals surface area contributed by atoms with Crippen molar-refractivity contribution < 1.29 is 14.6 Å². The summed E-state index contributed by atoms with van der Waals surface area (Å²) < 4.78 is 10.8. The molecule has 0 heterocycles. The molecule has 0 bridgehead atoms. The molecular weight excluding hydrogens is 312 g/mol. The van der Waals surface area contributed by atoms with Crippen LogP contribution in [0.4, 0.5) is 0 Å². The molecule has 0 aliphatic carbocycles. The first-order valence-electron chi connectivity index (χ1n) is 8.59. The van der Waals surface area contributed by atoms with Crippen molar-refractivity contribution in [2.24, 2.45) is 0 Å². The van der Waals surface area contributed by atoms with Crippen LogP contribution >= 0.6 is 0 Å². The van der Waals surface area contributed by atoms with Crippen molar-refractivity contribution >= 4 is 0 Å². The lowest BCUT2D eigenvalue weighted by molar-refractivity contribution is 0.405. The zero-order chi connectivity index (χ0) is 19.0. The van der Waals surface area contributed by atoms with Gasteiger partial charge in [0.15, 0.2) is 0 Å². The van der Waals surface area contributed by atoms with Crippen LogP contribution in [0.2, 0.25) is 0 Å². The lowest BCUT2D eigenvalue weighted by Gasteiger charge is -2.29. The highest BCUT2D eigenvalue weighted by Gasteiger charge is 2.27. The van der Waals surface area contributed by atoms with Crippen LogP contribution in [-0.4, -0.2) is 19.3 Å². The summed E-state index contributed by atoms with van der Waals surface area (Å²) in [7, 11) is 3.29. The Morgan fingerprint density at radius 3 is 1.72 bits per heavy atom. The molecule has 0 saturated heterocycles. The number of benzene rings is 2. The highest BCUT2D eigenvalue weighted by Crippen LogP contribution is 2.45. The van der Waals surface area contributed by atoms with Gasteiger partial charge in [-0.3, -0.25) is 0 Å². The first-order valence-corrected chi connectivity index (χ1v) is 8.59. The fourth-order valence-corrected chi connectivity index (χ4v) is 3.08. The lowest BCUT2D eigenvalue weighted by Crippen LogP contribution is -2.16. The molecule has 3 heteroatoms. The zero-order valence-electron chi connectivity index (χ0n) is 16.7. The van der Waals surface area contributed by atoms with Crippen LogP contribution in [0.25, 0.3) is 11.1 Å². The molecule has 2 aromatic rings. The van der Waals surface area contributed by atoms with Crippen LogP contribution in [0.15, 0.2) is 30.3 Å². The minimum atomic E-state index is -0.142. The van der Waals surface area contributed by atoms with E-state index in [-0.39, 0.29) is 16.6 Å². The Bertz CT molecular complexity index is 762. The van der Waals surface area contributed by atoms with Crippen molar-refractivity contribution in [2.75, 3.05) is 14.2 Å². The monoisotopic (exact) mass is 342 g/mol. The normalized spacial score (nSPS) is 12.2. The first kappa shape index (κ1) is 19.2. The van der Waals surface area contributed by atoms with E-state index in [2.05, 4.69) is 47.6 Å². The summed E-state index contributed by atoms with van der Waals surface area (Å²) in [5.74, 6) is 1.72. The van der Waals surface area contributed by atoms with E-state index < -0.39 is 0 Å². The third kappa shape index (κ3) is 3.92. The van der Waals surface area contributed by atoms with E-state index in [9.17, 15) is 5.11 Å². The van der Waals surface area contributed by atoms with Gasteiger partial charge in [0.25, 0.3) is 0 Å². The highest BCUT2D eigenvalue weighted by molar-refractivity contribution is 5.80. The van der Waals surface area contributed by atoms with E-state index in [4.69, 9.17) is 9.47 Å². The van der Waals surface area contributed by atoms with Crippen LogP contribution < -0.4 is 9.47 Å². The summed E-state index contributed by atoms with van der Waals surface area (Å²) in [5, 5.41) is 10.8. The van der Waals surface area contributed by atoms with Crippen LogP contribution in [-0.2, 0) is 10.8 Å². The third-order valence-corrected chi connectivity index (χ3v) is 4.44. The molecule has 3 nitrogen and oxygen atoms in total. The zero-order valence-corrected chi connectivity index (χ0v) is 16.7. The first-order chi connectivity index (χ1) is 11.5. The molecule has 0 aromatic heterocycles. The van der Waals surface area contributed by atoms with Gasteiger partial charge in [-0.05, 0) is 45.7 Å². The smallest absolute Gasteiger partial charge is 0.127 e. The molecule has 2 aromatic carbocycles. The van der Waals surface area contributed by atoms with Crippen molar-refractivity contribution in [1.82, 2.24) is 0 Å². The number of hydrogen-bond acceptors (Lipinski definition) is 3. The largest absolute Gasteiger partial charge is 0.507 e. The maximum atomic E-state index is 10.8. The summed E-state index contributed by atoms with van der Waals surface area (Å²) >= 11 is 0. The Morgan fingerprint density at radius 2 is 1.24 bits per heavy atom. The van der Waals surface area contributed by atoms with Crippen LogP contribution in [0.1, 0.15) is 52.7 Å². The molecule has 0 atom stereocenters. The van der Waals surface area contributed by atoms with Gasteiger partial charge in [-0.1, -0.05) is 47.6 Å². The molecule has 0 unspecified atom stereocenters. The second-order valence-electron chi connectivity index (χ2n) is 8.48.